The molecule has 0 aromatic heterocycles. The number of hydrogen-bond donors (Lipinski definition) is 1. The van der Waals surface area contributed by atoms with E-state index in [1.165, 1.54) is 26.2 Å². The highest BCUT2D eigenvalue weighted by atomic mass is 32.2. The van der Waals surface area contributed by atoms with Gasteiger partial charge >= 0.3 is 0 Å². The van der Waals surface area contributed by atoms with Gasteiger partial charge in [0.2, 0.25) is 15.9 Å². The van der Waals surface area contributed by atoms with Crippen LogP contribution in [0.4, 0.5) is 5.69 Å². The van der Waals surface area contributed by atoms with Gasteiger partial charge < -0.3 is 10.1 Å². The van der Waals surface area contributed by atoms with Crippen molar-refractivity contribution in [2.45, 2.75) is 24.8 Å². The number of hydrogen-bond acceptors (Lipinski definition) is 4. The van der Waals surface area contributed by atoms with Crippen molar-refractivity contribution in [2.75, 3.05) is 26.0 Å². The number of rotatable bonds is 6. The maximum Gasteiger partial charge on any atom is 0.250 e. The lowest BCUT2D eigenvalue weighted by Gasteiger charge is -2.12. The van der Waals surface area contributed by atoms with Crippen molar-refractivity contribution < 1.29 is 17.9 Å². The fourth-order valence-electron chi connectivity index (χ4n) is 1.36. The second kappa shape index (κ2) is 6.83. The van der Waals surface area contributed by atoms with E-state index in [1.807, 2.05) is 13.8 Å². The van der Waals surface area contributed by atoms with Gasteiger partial charge in [-0.3, -0.25) is 4.79 Å². The van der Waals surface area contributed by atoms with Gasteiger partial charge in [-0.2, -0.15) is 0 Å². The average molecular weight is 300 g/mol. The zero-order chi connectivity index (χ0) is 15.3. The number of benzene rings is 1. The highest BCUT2D eigenvalue weighted by molar-refractivity contribution is 7.89. The number of anilines is 1. The van der Waals surface area contributed by atoms with E-state index in [-0.39, 0.29) is 23.5 Å². The molecule has 0 heterocycles. The Hall–Kier alpha value is -1.44. The Bertz CT molecular complexity index is 550. The SMILES string of the molecule is CC(C)OCC(=O)Nc1ccc(S(=O)(=O)N(C)C)cc1. The van der Waals surface area contributed by atoms with Crippen molar-refractivity contribution in [3.8, 4) is 0 Å². The lowest BCUT2D eigenvalue weighted by Crippen LogP contribution is -2.22. The van der Waals surface area contributed by atoms with Crippen molar-refractivity contribution in [1.29, 1.82) is 0 Å². The van der Waals surface area contributed by atoms with E-state index in [1.54, 1.807) is 12.1 Å². The lowest BCUT2D eigenvalue weighted by atomic mass is 10.3. The third-order valence-electron chi connectivity index (χ3n) is 2.46. The summed E-state index contributed by atoms with van der Waals surface area (Å²) in [6.07, 6.45) is -0.0200. The van der Waals surface area contributed by atoms with Crippen LogP contribution in [0.2, 0.25) is 0 Å². The van der Waals surface area contributed by atoms with E-state index < -0.39 is 10.0 Å². The van der Waals surface area contributed by atoms with Gasteiger partial charge in [-0.1, -0.05) is 0 Å². The normalized spacial score (nSPS) is 11.9. The zero-order valence-electron chi connectivity index (χ0n) is 12.1. The number of nitrogens with one attached hydrogen (secondary N) is 1. The predicted molar refractivity (Wildman–Crippen MR) is 77.0 cm³/mol. The van der Waals surface area contributed by atoms with Crippen LogP contribution in [0.1, 0.15) is 13.8 Å². The molecule has 0 aliphatic heterocycles. The molecule has 6 nitrogen and oxygen atoms in total. The first kappa shape index (κ1) is 16.6. The van der Waals surface area contributed by atoms with Gasteiger partial charge in [-0.15, -0.1) is 0 Å². The van der Waals surface area contributed by atoms with Gasteiger partial charge in [0.1, 0.15) is 6.61 Å². The van der Waals surface area contributed by atoms with Gasteiger partial charge in [0.25, 0.3) is 0 Å². The second-order valence-electron chi connectivity index (χ2n) is 4.72. The minimum absolute atomic E-state index is 0.0200. The fourth-order valence-corrected chi connectivity index (χ4v) is 2.26. The van der Waals surface area contributed by atoms with Crippen molar-refractivity contribution >= 4 is 21.6 Å². The molecule has 1 aromatic carbocycles. The van der Waals surface area contributed by atoms with Crippen LogP contribution in [-0.4, -0.2) is 45.4 Å². The van der Waals surface area contributed by atoms with Crippen LogP contribution in [0, 0.1) is 0 Å². The van der Waals surface area contributed by atoms with E-state index >= 15 is 0 Å². The van der Waals surface area contributed by atoms with Crippen LogP contribution in [0.3, 0.4) is 0 Å². The Morgan fingerprint density at radius 1 is 1.25 bits per heavy atom. The summed E-state index contributed by atoms with van der Waals surface area (Å²) < 4.78 is 30.0. The molecule has 0 fully saturated rings. The van der Waals surface area contributed by atoms with Crippen molar-refractivity contribution in [3.63, 3.8) is 0 Å². The van der Waals surface area contributed by atoms with Crippen molar-refractivity contribution in [1.82, 2.24) is 4.31 Å². The van der Waals surface area contributed by atoms with Gasteiger partial charge in [0.15, 0.2) is 0 Å². The third-order valence-corrected chi connectivity index (χ3v) is 4.29. The van der Waals surface area contributed by atoms with E-state index in [0.717, 1.165) is 4.31 Å². The first-order chi connectivity index (χ1) is 9.23. The largest absolute Gasteiger partial charge is 0.369 e. The molecule has 0 unspecified atom stereocenters. The third kappa shape index (κ3) is 4.59. The Morgan fingerprint density at radius 3 is 2.25 bits per heavy atom. The molecular formula is C13H20N2O4S. The van der Waals surface area contributed by atoms with Gasteiger partial charge in [-0.25, -0.2) is 12.7 Å². The Morgan fingerprint density at radius 2 is 1.80 bits per heavy atom. The van der Waals surface area contributed by atoms with Crippen LogP contribution < -0.4 is 5.32 Å². The molecule has 0 spiro atoms. The number of amides is 1. The van der Waals surface area contributed by atoms with Gasteiger partial charge in [-0.05, 0) is 38.1 Å². The van der Waals surface area contributed by atoms with E-state index in [9.17, 15) is 13.2 Å². The summed E-state index contributed by atoms with van der Waals surface area (Å²) in [6, 6.07) is 6.00. The standard InChI is InChI=1S/C13H20N2O4S/c1-10(2)19-9-13(16)14-11-5-7-12(8-6-11)20(17,18)15(3)4/h5-8,10H,9H2,1-4H3,(H,14,16). The second-order valence-corrected chi connectivity index (χ2v) is 6.87. The maximum atomic E-state index is 11.9. The molecule has 0 radical (unpaired) electrons. The molecule has 20 heavy (non-hydrogen) atoms. The molecule has 0 atom stereocenters. The zero-order valence-corrected chi connectivity index (χ0v) is 12.9. The Kier molecular flexibility index (Phi) is 5.67. The molecule has 1 rings (SSSR count). The molecule has 1 amide bonds. The predicted octanol–water partition coefficient (Wildman–Crippen LogP) is 1.30. The van der Waals surface area contributed by atoms with Crippen molar-refractivity contribution in [3.05, 3.63) is 24.3 Å². The Balaban J connectivity index is 2.71. The molecular weight excluding hydrogens is 280 g/mol. The first-order valence-corrected chi connectivity index (χ1v) is 7.61. The molecule has 1 N–H and O–H groups in total. The van der Waals surface area contributed by atoms with Crippen LogP contribution in [-0.2, 0) is 19.6 Å². The van der Waals surface area contributed by atoms with Crippen LogP contribution in [0.25, 0.3) is 0 Å². The van der Waals surface area contributed by atoms with Crippen LogP contribution >= 0.6 is 0 Å². The number of sulfonamides is 1. The molecule has 0 saturated heterocycles. The molecule has 0 aliphatic rings. The van der Waals surface area contributed by atoms with E-state index in [2.05, 4.69) is 5.32 Å². The highest BCUT2D eigenvalue weighted by Crippen LogP contribution is 2.16. The monoisotopic (exact) mass is 300 g/mol. The van der Waals surface area contributed by atoms with E-state index in [4.69, 9.17) is 4.74 Å². The molecule has 7 heteroatoms. The summed E-state index contributed by atoms with van der Waals surface area (Å²) in [5.41, 5.74) is 0.528. The number of nitrogens with zero attached hydrogens (tertiary/aromatic N) is 1. The minimum Gasteiger partial charge on any atom is -0.369 e. The number of ether oxygens (including phenoxy) is 1. The number of carbonyl (C=O) groups is 1. The first-order valence-electron chi connectivity index (χ1n) is 6.17. The summed E-state index contributed by atoms with van der Waals surface area (Å²) in [6.45, 7) is 3.65. The summed E-state index contributed by atoms with van der Waals surface area (Å²) in [5.74, 6) is -0.276. The Labute approximate surface area is 119 Å². The highest BCUT2D eigenvalue weighted by Gasteiger charge is 2.16. The van der Waals surface area contributed by atoms with Crippen LogP contribution in [0.15, 0.2) is 29.2 Å². The molecule has 0 saturated carbocycles. The average Bonchev–Trinajstić information content (AvgIpc) is 2.37. The summed E-state index contributed by atoms with van der Waals surface area (Å²) in [4.78, 5) is 11.7. The summed E-state index contributed by atoms with van der Waals surface area (Å²) in [7, 11) is -0.515. The smallest absolute Gasteiger partial charge is 0.250 e. The quantitative estimate of drug-likeness (QED) is 0.859. The summed E-state index contributed by atoms with van der Waals surface area (Å²) in [5, 5.41) is 2.63. The van der Waals surface area contributed by atoms with Crippen LogP contribution in [0.5, 0.6) is 0 Å². The minimum atomic E-state index is -3.45. The molecule has 0 bridgehead atoms. The van der Waals surface area contributed by atoms with Crippen molar-refractivity contribution in [2.24, 2.45) is 0 Å². The maximum absolute atomic E-state index is 11.9. The van der Waals surface area contributed by atoms with Gasteiger partial charge in [0, 0.05) is 19.8 Å². The summed E-state index contributed by atoms with van der Waals surface area (Å²) >= 11 is 0. The molecule has 112 valence electrons. The van der Waals surface area contributed by atoms with Gasteiger partial charge in [0.05, 0.1) is 11.0 Å². The number of carbonyl (C=O) groups excluding carboxylic acids is 1. The lowest BCUT2D eigenvalue weighted by molar-refractivity contribution is -0.121. The fraction of sp³-hybridized carbons (Fsp3) is 0.462. The topological polar surface area (TPSA) is 75.7 Å². The molecule has 1 aromatic rings. The molecule has 0 aliphatic carbocycles. The van der Waals surface area contributed by atoms with E-state index in [0.29, 0.717) is 5.69 Å².